The molecule has 7 nitrogen and oxygen atoms in total. The topological polar surface area (TPSA) is 77.1 Å². The Morgan fingerprint density at radius 2 is 1.98 bits per heavy atom. The van der Waals surface area contributed by atoms with E-state index in [2.05, 4.69) is 53.6 Å². The zero-order valence-electron chi connectivity index (χ0n) is 27.9. The fraction of sp³-hybridized carbons (Fsp3) is 0.568. The Balaban J connectivity index is 1.47. The largest absolute Gasteiger partial charge is 0.490 e. The van der Waals surface area contributed by atoms with Crippen LogP contribution in [0.3, 0.4) is 0 Å². The van der Waals surface area contributed by atoms with Gasteiger partial charge in [0.05, 0.1) is 28.1 Å². The molecule has 0 saturated heterocycles. The maximum atomic E-state index is 13.8. The Hall–Kier alpha value is -2.52. The van der Waals surface area contributed by atoms with E-state index in [1.165, 1.54) is 11.1 Å². The van der Waals surface area contributed by atoms with Gasteiger partial charge in [-0.05, 0) is 117 Å². The first kappa shape index (κ1) is 33.4. The van der Waals surface area contributed by atoms with E-state index in [0.717, 1.165) is 61.7 Å². The van der Waals surface area contributed by atoms with Gasteiger partial charge in [-0.2, -0.15) is 0 Å². The molecule has 1 amide bonds. The molecule has 4 aliphatic rings. The summed E-state index contributed by atoms with van der Waals surface area (Å²) in [6.07, 6.45) is 10.0. The molecular formula is C37H49ClN2O5S. The van der Waals surface area contributed by atoms with Crippen LogP contribution < -0.4 is 14.4 Å². The Morgan fingerprint density at radius 3 is 2.70 bits per heavy atom. The maximum Gasteiger partial charge on any atom is 0.262 e. The second-order valence-corrected chi connectivity index (χ2v) is 17.0. The number of ether oxygens (including phenoxy) is 3. The van der Waals surface area contributed by atoms with Gasteiger partial charge in [-0.1, -0.05) is 36.7 Å². The smallest absolute Gasteiger partial charge is 0.262 e. The van der Waals surface area contributed by atoms with Gasteiger partial charge in [0.2, 0.25) is 0 Å². The van der Waals surface area contributed by atoms with E-state index in [1.54, 1.807) is 20.3 Å². The lowest BCUT2D eigenvalue weighted by atomic mass is 9.62. The molecule has 0 aromatic heterocycles. The minimum absolute atomic E-state index is 0.0134. The summed E-state index contributed by atoms with van der Waals surface area (Å²) in [4.78, 5) is 16.1. The van der Waals surface area contributed by atoms with Crippen LogP contribution in [0, 0.1) is 17.8 Å². The normalized spacial score (nSPS) is 35.9. The molecule has 8 atom stereocenters. The van der Waals surface area contributed by atoms with Crippen LogP contribution in [0.2, 0.25) is 5.02 Å². The van der Waals surface area contributed by atoms with Gasteiger partial charge in [0.1, 0.15) is 11.4 Å². The minimum atomic E-state index is -2.95. The van der Waals surface area contributed by atoms with Gasteiger partial charge in [-0.15, -0.1) is 0 Å². The van der Waals surface area contributed by atoms with E-state index < -0.39 is 15.3 Å². The zero-order valence-corrected chi connectivity index (χ0v) is 29.4. The summed E-state index contributed by atoms with van der Waals surface area (Å²) in [5, 5.41) is 0.413. The molecule has 2 aromatic rings. The highest BCUT2D eigenvalue weighted by Gasteiger charge is 2.51. The van der Waals surface area contributed by atoms with Crippen molar-refractivity contribution < 1.29 is 23.2 Å². The molecule has 2 aliphatic carbocycles. The average molecular weight is 669 g/mol. The molecule has 2 aromatic carbocycles. The highest BCUT2D eigenvalue weighted by atomic mass is 35.5. The third-order valence-electron chi connectivity index (χ3n) is 11.6. The number of nitrogens with zero attached hydrogens (tertiary/aromatic N) is 1. The molecule has 250 valence electrons. The third-order valence-corrected chi connectivity index (χ3v) is 14.1. The Bertz CT molecular complexity index is 1610. The number of hydrogen-bond acceptors (Lipinski definition) is 6. The van der Waals surface area contributed by atoms with Crippen LogP contribution in [0.1, 0.15) is 74.4 Å². The van der Waals surface area contributed by atoms with Crippen molar-refractivity contribution in [1.29, 1.82) is 0 Å². The molecule has 2 heterocycles. The van der Waals surface area contributed by atoms with Crippen molar-refractivity contribution in [2.45, 2.75) is 81.7 Å². The third kappa shape index (κ3) is 5.88. The molecule has 1 unspecified atom stereocenters. The number of carbonyl (C=O) groups excluding carboxylic acids is 1. The number of methoxy groups -OCH3 is 2. The van der Waals surface area contributed by atoms with E-state index in [1.807, 2.05) is 25.1 Å². The minimum Gasteiger partial charge on any atom is -0.490 e. The number of benzene rings is 2. The summed E-state index contributed by atoms with van der Waals surface area (Å²) in [5.41, 5.74) is 3.08. The van der Waals surface area contributed by atoms with Gasteiger partial charge in [0, 0.05) is 48.6 Å². The van der Waals surface area contributed by atoms with Crippen LogP contribution in [-0.4, -0.2) is 66.9 Å². The molecular weight excluding hydrogens is 620 g/mol. The van der Waals surface area contributed by atoms with Gasteiger partial charge in [0.15, 0.2) is 0 Å². The van der Waals surface area contributed by atoms with E-state index in [4.69, 9.17) is 25.8 Å². The van der Waals surface area contributed by atoms with E-state index in [-0.39, 0.29) is 34.5 Å². The highest BCUT2D eigenvalue weighted by molar-refractivity contribution is 7.99. The van der Waals surface area contributed by atoms with Gasteiger partial charge in [-0.25, -0.2) is 4.21 Å². The SMILES string of the molecule is C=S1(=O)NC(=O)c2ccc3c(c2)N(C[C@@H]2CC[C@H]2[C@](OC)([C@H](C)OC)/C=C/C[C@H](C)[C@H]1C)C[C@@]1(CCCc2cc(Cl)ccc21)CO3. The fourth-order valence-corrected chi connectivity index (χ4v) is 10.1. The number of amides is 1. The quantitative estimate of drug-likeness (QED) is 0.293. The Morgan fingerprint density at radius 1 is 1.17 bits per heavy atom. The lowest BCUT2D eigenvalue weighted by molar-refractivity contribution is -0.146. The van der Waals surface area contributed by atoms with E-state index in [0.29, 0.717) is 24.5 Å². The van der Waals surface area contributed by atoms with Crippen molar-refractivity contribution in [2.24, 2.45) is 17.8 Å². The molecule has 46 heavy (non-hydrogen) atoms. The van der Waals surface area contributed by atoms with Crippen molar-refractivity contribution in [1.82, 2.24) is 4.72 Å². The summed E-state index contributed by atoms with van der Waals surface area (Å²) in [6.45, 7) is 8.12. The van der Waals surface area contributed by atoms with Gasteiger partial charge >= 0.3 is 0 Å². The summed E-state index contributed by atoms with van der Waals surface area (Å²) >= 11 is 6.46. The lowest BCUT2D eigenvalue weighted by Gasteiger charge is -2.52. The molecule has 2 aliphatic heterocycles. The van der Waals surface area contributed by atoms with Crippen LogP contribution >= 0.6 is 11.6 Å². The first-order valence-corrected chi connectivity index (χ1v) is 18.8. The van der Waals surface area contributed by atoms with Crippen LogP contribution in [0.4, 0.5) is 5.69 Å². The van der Waals surface area contributed by atoms with Gasteiger partial charge < -0.3 is 19.1 Å². The van der Waals surface area contributed by atoms with E-state index >= 15 is 0 Å². The highest BCUT2D eigenvalue weighted by Crippen LogP contribution is 2.50. The van der Waals surface area contributed by atoms with Gasteiger partial charge in [0.25, 0.3) is 5.91 Å². The van der Waals surface area contributed by atoms with Crippen LogP contribution in [0.5, 0.6) is 5.75 Å². The van der Waals surface area contributed by atoms with Crippen LogP contribution in [0.15, 0.2) is 48.6 Å². The number of allylic oxidation sites excluding steroid dienone is 1. The maximum absolute atomic E-state index is 13.8. The first-order valence-electron chi connectivity index (χ1n) is 16.7. The van der Waals surface area contributed by atoms with Crippen LogP contribution in [0.25, 0.3) is 0 Å². The summed E-state index contributed by atoms with van der Waals surface area (Å²) in [6, 6.07) is 11.9. The number of nitrogens with one attached hydrogen (secondary N) is 1. The number of halogens is 1. The monoisotopic (exact) mass is 668 g/mol. The van der Waals surface area contributed by atoms with Crippen molar-refractivity contribution in [3.05, 3.63) is 70.3 Å². The van der Waals surface area contributed by atoms with Crippen molar-refractivity contribution in [2.75, 3.05) is 38.8 Å². The van der Waals surface area contributed by atoms with Crippen molar-refractivity contribution in [3.8, 4) is 5.75 Å². The predicted molar refractivity (Wildman–Crippen MR) is 188 cm³/mol. The Labute approximate surface area is 280 Å². The number of fused-ring (bicyclic) bond motifs is 4. The first-order chi connectivity index (χ1) is 21.9. The zero-order chi connectivity index (χ0) is 32.9. The molecule has 1 N–H and O–H groups in total. The second-order valence-electron chi connectivity index (χ2n) is 14.1. The van der Waals surface area contributed by atoms with Gasteiger partial charge in [-0.3, -0.25) is 9.52 Å². The summed E-state index contributed by atoms with van der Waals surface area (Å²) in [7, 11) is 0.592. The summed E-state index contributed by atoms with van der Waals surface area (Å²) < 4.78 is 35.7. The summed E-state index contributed by atoms with van der Waals surface area (Å²) in [5.74, 6) is 4.97. The number of hydrogen-bond donors (Lipinski definition) is 1. The average Bonchev–Trinajstić information content (AvgIpc) is 3.17. The predicted octanol–water partition coefficient (Wildman–Crippen LogP) is 6.61. The van der Waals surface area contributed by atoms with Crippen molar-refractivity contribution >= 4 is 38.8 Å². The molecule has 9 heteroatoms. The number of aryl methyl sites for hydroxylation is 1. The molecule has 2 bridgehead atoms. The number of carbonyl (C=O) groups is 1. The molecule has 1 spiro atoms. The second kappa shape index (κ2) is 12.8. The molecule has 1 fully saturated rings. The standard InChI is InChI=1S/C37H49ClN2O5S/c1-24-9-7-18-37(44-5,26(3)43-4)32-14-11-29(32)21-40-22-36(17-8-10-27-19-30(38)13-15-31(27)36)23-45-34-16-12-28(20-33(34)40)35(41)39-46(6,42)25(24)2/h7,12-13,15-16,18-20,24-26,29,32H,6,8-11,14,17,21-23H2,1-5H3,(H,39,41,42)/b18-7+/t24-,25+,26-,29-,32+,36-,37+,46?/m0/s1. The lowest BCUT2D eigenvalue weighted by Crippen LogP contribution is -2.57. The Kier molecular flexibility index (Phi) is 9.31. The van der Waals surface area contributed by atoms with Crippen LogP contribution in [-0.2, 0) is 31.0 Å². The molecule has 1 saturated carbocycles. The van der Waals surface area contributed by atoms with Crippen molar-refractivity contribution in [3.63, 3.8) is 0 Å². The van der Waals surface area contributed by atoms with E-state index in [9.17, 15) is 9.00 Å². The molecule has 6 rings (SSSR count). The number of anilines is 1. The fourth-order valence-electron chi connectivity index (χ4n) is 8.39. The molecule has 0 radical (unpaired) electrons. The number of rotatable bonds is 3.